The highest BCUT2D eigenvalue weighted by atomic mass is 32.2. The maximum absolute atomic E-state index is 12.1. The molecule has 0 radical (unpaired) electrons. The summed E-state index contributed by atoms with van der Waals surface area (Å²) in [7, 11) is -3.20. The monoisotopic (exact) mass is 255 g/mol. The van der Waals surface area contributed by atoms with Gasteiger partial charge in [0.15, 0.2) is 0 Å². The van der Waals surface area contributed by atoms with Crippen LogP contribution in [0.25, 0.3) is 0 Å². The molecule has 1 atom stereocenters. The molecule has 0 bridgehead atoms. The Morgan fingerprint density at radius 1 is 1.35 bits per heavy atom. The van der Waals surface area contributed by atoms with E-state index >= 15 is 0 Å². The minimum atomic E-state index is -3.20. The molecule has 1 aromatic carbocycles. The van der Waals surface area contributed by atoms with E-state index in [9.17, 15) is 8.42 Å². The van der Waals surface area contributed by atoms with Gasteiger partial charge in [-0.05, 0) is 12.5 Å². The van der Waals surface area contributed by atoms with E-state index in [1.165, 1.54) is 4.31 Å². The number of sulfonamides is 1. The largest absolute Gasteiger partial charge is 0.379 e. The maximum Gasteiger partial charge on any atom is 0.217 e. The van der Waals surface area contributed by atoms with E-state index in [1.54, 1.807) is 0 Å². The van der Waals surface area contributed by atoms with Gasteiger partial charge in [-0.25, -0.2) is 8.42 Å². The van der Waals surface area contributed by atoms with Gasteiger partial charge in [-0.15, -0.1) is 0 Å². The number of hydrogen-bond acceptors (Lipinski definition) is 3. The number of nitrogens with zero attached hydrogens (tertiary/aromatic N) is 1. The van der Waals surface area contributed by atoms with Crippen LogP contribution in [0.3, 0.4) is 0 Å². The van der Waals surface area contributed by atoms with Gasteiger partial charge in [-0.3, -0.25) is 0 Å². The van der Waals surface area contributed by atoms with Crippen molar-refractivity contribution in [2.45, 2.75) is 19.5 Å². The highest BCUT2D eigenvalue weighted by Crippen LogP contribution is 2.16. The van der Waals surface area contributed by atoms with Gasteiger partial charge < -0.3 is 4.74 Å². The normalized spacial score (nSPS) is 25.4. The van der Waals surface area contributed by atoms with Crippen molar-refractivity contribution in [2.24, 2.45) is 0 Å². The van der Waals surface area contributed by atoms with Crippen molar-refractivity contribution in [3.05, 3.63) is 35.9 Å². The first-order valence-electron chi connectivity index (χ1n) is 5.71. The van der Waals surface area contributed by atoms with E-state index < -0.39 is 10.0 Å². The molecule has 0 aliphatic carbocycles. The van der Waals surface area contributed by atoms with Crippen molar-refractivity contribution in [3.63, 3.8) is 0 Å². The van der Waals surface area contributed by atoms with Crippen LogP contribution < -0.4 is 0 Å². The topological polar surface area (TPSA) is 46.6 Å². The summed E-state index contributed by atoms with van der Waals surface area (Å²) in [5, 5.41) is 0. The lowest BCUT2D eigenvalue weighted by Gasteiger charge is -2.25. The quantitative estimate of drug-likeness (QED) is 0.798. The highest BCUT2D eigenvalue weighted by Gasteiger charge is 2.29. The molecule has 1 aromatic rings. The Hall–Kier alpha value is -0.910. The molecule has 1 fully saturated rings. The summed E-state index contributed by atoms with van der Waals surface area (Å²) in [6, 6.07) is 9.53. The average molecular weight is 255 g/mol. The number of rotatable bonds is 2. The zero-order valence-corrected chi connectivity index (χ0v) is 10.7. The second-order valence-electron chi connectivity index (χ2n) is 4.27. The Morgan fingerprint density at radius 3 is 2.76 bits per heavy atom. The first kappa shape index (κ1) is 12.5. The fourth-order valence-electron chi connectivity index (χ4n) is 1.91. The Morgan fingerprint density at radius 2 is 2.06 bits per heavy atom. The van der Waals surface area contributed by atoms with E-state index in [-0.39, 0.29) is 18.4 Å². The highest BCUT2D eigenvalue weighted by molar-refractivity contribution is 7.89. The van der Waals surface area contributed by atoms with Crippen LogP contribution in [0.15, 0.2) is 30.3 Å². The van der Waals surface area contributed by atoms with Gasteiger partial charge in [0.05, 0.1) is 19.0 Å². The van der Waals surface area contributed by atoms with Crippen LogP contribution >= 0.6 is 0 Å². The second-order valence-corrected chi connectivity index (χ2v) is 6.31. The Balaban J connectivity index is 2.21. The number of ether oxygens (including phenoxy) is 1. The zero-order chi connectivity index (χ0) is 12.3. The predicted molar refractivity (Wildman–Crippen MR) is 66.1 cm³/mol. The minimum absolute atomic E-state index is 0.0736. The first-order chi connectivity index (χ1) is 8.09. The van der Waals surface area contributed by atoms with E-state index in [0.29, 0.717) is 13.2 Å². The molecule has 94 valence electrons. The Kier molecular flexibility index (Phi) is 3.81. The lowest BCUT2D eigenvalue weighted by Crippen LogP contribution is -2.39. The molecule has 0 spiro atoms. The molecule has 5 heteroatoms. The van der Waals surface area contributed by atoms with Crippen LogP contribution in [0.5, 0.6) is 0 Å². The lowest BCUT2D eigenvalue weighted by atomic mass is 10.2. The van der Waals surface area contributed by atoms with Crippen molar-refractivity contribution in [1.29, 1.82) is 0 Å². The summed E-state index contributed by atoms with van der Waals surface area (Å²) in [5.41, 5.74) is 1.00. The molecule has 17 heavy (non-hydrogen) atoms. The summed E-state index contributed by atoms with van der Waals surface area (Å²) >= 11 is 0. The third kappa shape index (κ3) is 3.06. The van der Waals surface area contributed by atoms with Gasteiger partial charge in [0, 0.05) is 12.6 Å². The lowest BCUT2D eigenvalue weighted by molar-refractivity contribution is 0.116. The minimum Gasteiger partial charge on any atom is -0.379 e. The summed E-state index contributed by atoms with van der Waals surface area (Å²) in [6.07, 6.45) is 0. The molecule has 0 N–H and O–H groups in total. The molecule has 1 aliphatic rings. The van der Waals surface area contributed by atoms with Gasteiger partial charge in [0.25, 0.3) is 0 Å². The van der Waals surface area contributed by atoms with Crippen LogP contribution in [-0.2, 0) is 21.3 Å². The smallest absolute Gasteiger partial charge is 0.217 e. The first-order valence-corrected chi connectivity index (χ1v) is 7.32. The van der Waals surface area contributed by atoms with Crippen LogP contribution in [0.1, 0.15) is 12.5 Å². The molecule has 1 heterocycles. The molecule has 1 saturated heterocycles. The molecule has 0 saturated carbocycles. The van der Waals surface area contributed by atoms with Crippen LogP contribution in [0, 0.1) is 0 Å². The molecule has 4 nitrogen and oxygen atoms in total. The third-order valence-electron chi connectivity index (χ3n) is 2.87. The molecule has 0 aromatic heterocycles. The average Bonchev–Trinajstić information content (AvgIpc) is 2.43. The standard InChI is InChI=1S/C12H17NO3S/c1-11-10-16-7-8-17(14,15)13(11)9-12-5-3-2-4-6-12/h2-6,11H,7-10H2,1H3/t11-/m0/s1. The van der Waals surface area contributed by atoms with Crippen molar-refractivity contribution in [3.8, 4) is 0 Å². The van der Waals surface area contributed by atoms with Crippen LogP contribution in [0.4, 0.5) is 0 Å². The van der Waals surface area contributed by atoms with E-state index in [4.69, 9.17) is 4.74 Å². The summed E-state index contributed by atoms with van der Waals surface area (Å²) in [4.78, 5) is 0. The van der Waals surface area contributed by atoms with Gasteiger partial charge >= 0.3 is 0 Å². The zero-order valence-electron chi connectivity index (χ0n) is 9.87. The molecule has 1 aliphatic heterocycles. The fourth-order valence-corrected chi connectivity index (χ4v) is 3.43. The molecule has 0 unspecified atom stereocenters. The van der Waals surface area contributed by atoms with Crippen molar-refractivity contribution in [1.82, 2.24) is 4.31 Å². The molecular weight excluding hydrogens is 238 g/mol. The van der Waals surface area contributed by atoms with Gasteiger partial charge in [0.2, 0.25) is 10.0 Å². The van der Waals surface area contributed by atoms with Crippen LogP contribution in [-0.4, -0.2) is 37.7 Å². The fraction of sp³-hybridized carbons (Fsp3) is 0.500. The van der Waals surface area contributed by atoms with Crippen LogP contribution in [0.2, 0.25) is 0 Å². The summed E-state index contributed by atoms with van der Waals surface area (Å²) in [5.74, 6) is 0.0736. The van der Waals surface area contributed by atoms with Gasteiger partial charge in [0.1, 0.15) is 0 Å². The Bertz CT molecular complexity index is 458. The third-order valence-corrected chi connectivity index (χ3v) is 4.76. The maximum atomic E-state index is 12.1. The van der Waals surface area contributed by atoms with E-state index in [0.717, 1.165) is 5.56 Å². The number of benzene rings is 1. The summed E-state index contributed by atoms with van der Waals surface area (Å²) in [6.45, 7) is 3.06. The van der Waals surface area contributed by atoms with Crippen molar-refractivity contribution in [2.75, 3.05) is 19.0 Å². The molecule has 2 rings (SSSR count). The molecule has 0 amide bonds. The predicted octanol–water partition coefficient (Wildman–Crippen LogP) is 1.24. The summed E-state index contributed by atoms with van der Waals surface area (Å²) < 4.78 is 31.0. The second kappa shape index (κ2) is 5.16. The number of hydrogen-bond donors (Lipinski definition) is 0. The van der Waals surface area contributed by atoms with Gasteiger partial charge in [-0.1, -0.05) is 30.3 Å². The van der Waals surface area contributed by atoms with E-state index in [2.05, 4.69) is 0 Å². The van der Waals surface area contributed by atoms with Crippen molar-refractivity contribution < 1.29 is 13.2 Å². The van der Waals surface area contributed by atoms with E-state index in [1.807, 2.05) is 37.3 Å². The van der Waals surface area contributed by atoms with Gasteiger partial charge in [-0.2, -0.15) is 4.31 Å². The SMILES string of the molecule is C[C@H]1COCCS(=O)(=O)N1Cc1ccccc1. The molecular formula is C12H17NO3S. The Labute approximate surface area is 102 Å². The van der Waals surface area contributed by atoms with Crippen molar-refractivity contribution >= 4 is 10.0 Å².